The molecule has 2 amide bonds. The Morgan fingerprint density at radius 3 is 2.32 bits per heavy atom. The molecule has 1 saturated carbocycles. The number of aryl methyl sites for hydroxylation is 2. The van der Waals surface area contributed by atoms with Gasteiger partial charge in [0.25, 0.3) is 5.91 Å². The first kappa shape index (κ1) is 26.5. The van der Waals surface area contributed by atoms with Crippen molar-refractivity contribution in [2.45, 2.75) is 71.0 Å². The third-order valence-electron chi connectivity index (χ3n) is 7.10. The third-order valence-corrected chi connectivity index (χ3v) is 7.10. The molecule has 0 aromatic heterocycles. The first-order valence-electron chi connectivity index (χ1n) is 13.4. The van der Waals surface area contributed by atoms with E-state index in [1.165, 1.54) is 6.42 Å². The molecule has 0 unspecified atom stereocenters. The zero-order chi connectivity index (χ0) is 26.0. The topological polar surface area (TPSA) is 58.6 Å². The average Bonchev–Trinajstić information content (AvgIpc) is 2.91. The lowest BCUT2D eigenvalue weighted by atomic mass is 9.94. The van der Waals surface area contributed by atoms with Crippen molar-refractivity contribution in [1.82, 2.24) is 10.2 Å². The Labute approximate surface area is 220 Å². The molecule has 5 nitrogen and oxygen atoms in total. The Hall–Kier alpha value is -3.60. The number of nitrogens with zero attached hydrogens (tertiary/aromatic N) is 1. The number of benzene rings is 3. The maximum Gasteiger partial charge on any atom is 0.261 e. The molecule has 1 aliphatic carbocycles. The van der Waals surface area contributed by atoms with Crippen LogP contribution >= 0.6 is 0 Å². The van der Waals surface area contributed by atoms with Crippen molar-refractivity contribution in [3.05, 3.63) is 101 Å². The predicted molar refractivity (Wildman–Crippen MR) is 147 cm³/mol. The van der Waals surface area contributed by atoms with Crippen molar-refractivity contribution in [2.24, 2.45) is 0 Å². The summed E-state index contributed by atoms with van der Waals surface area (Å²) in [5, 5.41) is 3.28. The van der Waals surface area contributed by atoms with Gasteiger partial charge in [-0.05, 0) is 49.4 Å². The highest BCUT2D eigenvalue weighted by Gasteiger charge is 2.32. The Morgan fingerprint density at radius 2 is 1.59 bits per heavy atom. The zero-order valence-electron chi connectivity index (χ0n) is 22.0. The van der Waals surface area contributed by atoms with Gasteiger partial charge in [-0.15, -0.1) is 0 Å². The van der Waals surface area contributed by atoms with Gasteiger partial charge in [-0.3, -0.25) is 9.59 Å². The first-order chi connectivity index (χ1) is 18.0. The fraction of sp³-hybridized carbons (Fsp3) is 0.375. The van der Waals surface area contributed by atoms with Crippen LogP contribution in [0.1, 0.15) is 54.4 Å². The minimum absolute atomic E-state index is 0.0901. The Kier molecular flexibility index (Phi) is 9.36. The maximum atomic E-state index is 13.8. The molecule has 4 rings (SSSR count). The number of hydrogen-bond acceptors (Lipinski definition) is 3. The molecule has 0 saturated heterocycles. The number of amides is 2. The van der Waals surface area contributed by atoms with E-state index in [-0.39, 0.29) is 24.5 Å². The molecule has 194 valence electrons. The van der Waals surface area contributed by atoms with Crippen molar-refractivity contribution < 1.29 is 14.3 Å². The smallest absolute Gasteiger partial charge is 0.261 e. The van der Waals surface area contributed by atoms with Gasteiger partial charge in [0.1, 0.15) is 11.8 Å². The van der Waals surface area contributed by atoms with E-state index in [1.807, 2.05) is 86.6 Å². The molecule has 0 aliphatic heterocycles. The van der Waals surface area contributed by atoms with Gasteiger partial charge in [0.05, 0.1) is 0 Å². The van der Waals surface area contributed by atoms with Crippen molar-refractivity contribution in [2.75, 3.05) is 6.61 Å². The molecule has 3 aromatic carbocycles. The molecule has 1 atom stereocenters. The predicted octanol–water partition coefficient (Wildman–Crippen LogP) is 5.77. The molecule has 0 radical (unpaired) electrons. The molecule has 0 bridgehead atoms. The molecule has 3 aromatic rings. The first-order valence-corrected chi connectivity index (χ1v) is 13.4. The van der Waals surface area contributed by atoms with E-state index in [0.717, 1.165) is 47.9 Å². The van der Waals surface area contributed by atoms with Crippen LogP contribution in [0.25, 0.3) is 0 Å². The largest absolute Gasteiger partial charge is 0.484 e. The van der Waals surface area contributed by atoms with E-state index in [2.05, 4.69) is 11.4 Å². The Bertz CT molecular complexity index is 1170. The molecule has 1 fully saturated rings. The molecule has 37 heavy (non-hydrogen) atoms. The zero-order valence-corrected chi connectivity index (χ0v) is 22.0. The van der Waals surface area contributed by atoms with Gasteiger partial charge < -0.3 is 15.0 Å². The lowest BCUT2D eigenvalue weighted by Gasteiger charge is -2.33. The highest BCUT2D eigenvalue weighted by atomic mass is 16.5. The van der Waals surface area contributed by atoms with Crippen LogP contribution in [0.5, 0.6) is 5.75 Å². The molecule has 1 N–H and O–H groups in total. The van der Waals surface area contributed by atoms with Crippen LogP contribution in [0.4, 0.5) is 0 Å². The molecule has 0 heterocycles. The van der Waals surface area contributed by atoms with E-state index >= 15 is 0 Å². The standard InChI is InChI=1S/C32H38N2O3/c1-24-12-11-16-27(20-24)22-34(31(35)23-37-30-19-10-9-13-25(30)2)29(21-26-14-5-3-6-15-26)32(36)33-28-17-7-4-8-18-28/h3,5-6,9-16,19-20,28-29H,4,7-8,17-18,21-23H2,1-2H3,(H,33,36)/t29-/m0/s1. The second kappa shape index (κ2) is 13.1. The monoisotopic (exact) mass is 498 g/mol. The normalized spacial score (nSPS) is 14.5. The van der Waals surface area contributed by atoms with Crippen LogP contribution in [0.2, 0.25) is 0 Å². The van der Waals surface area contributed by atoms with Gasteiger partial charge in [-0.2, -0.15) is 0 Å². The number of ether oxygens (including phenoxy) is 1. The van der Waals surface area contributed by atoms with Crippen LogP contribution in [-0.4, -0.2) is 35.4 Å². The van der Waals surface area contributed by atoms with E-state index in [0.29, 0.717) is 18.7 Å². The Balaban J connectivity index is 1.62. The van der Waals surface area contributed by atoms with Crippen molar-refractivity contribution >= 4 is 11.8 Å². The number of para-hydroxylation sites is 1. The number of carbonyl (C=O) groups excluding carboxylic acids is 2. The van der Waals surface area contributed by atoms with Gasteiger partial charge in [-0.1, -0.05) is 97.6 Å². The van der Waals surface area contributed by atoms with Crippen LogP contribution in [0.15, 0.2) is 78.9 Å². The molecule has 0 spiro atoms. The summed E-state index contributed by atoms with van der Waals surface area (Å²) in [6, 6.07) is 25.2. The summed E-state index contributed by atoms with van der Waals surface area (Å²) in [5.41, 5.74) is 4.10. The van der Waals surface area contributed by atoms with Gasteiger partial charge in [-0.25, -0.2) is 0 Å². The second-order valence-electron chi connectivity index (χ2n) is 10.1. The number of rotatable bonds is 10. The summed E-state index contributed by atoms with van der Waals surface area (Å²) >= 11 is 0. The summed E-state index contributed by atoms with van der Waals surface area (Å²) in [7, 11) is 0. The number of carbonyl (C=O) groups is 2. The van der Waals surface area contributed by atoms with E-state index in [1.54, 1.807) is 4.90 Å². The molecule has 5 heteroatoms. The number of hydrogen-bond donors (Lipinski definition) is 1. The summed E-state index contributed by atoms with van der Waals surface area (Å²) in [5.74, 6) is 0.384. The van der Waals surface area contributed by atoms with E-state index < -0.39 is 6.04 Å². The minimum atomic E-state index is -0.641. The van der Waals surface area contributed by atoms with Gasteiger partial charge in [0.15, 0.2) is 6.61 Å². The van der Waals surface area contributed by atoms with E-state index in [9.17, 15) is 9.59 Å². The summed E-state index contributed by atoms with van der Waals surface area (Å²) in [6.07, 6.45) is 5.91. The molecule has 1 aliphatic rings. The molecular weight excluding hydrogens is 460 g/mol. The highest BCUT2D eigenvalue weighted by Crippen LogP contribution is 2.21. The maximum absolute atomic E-state index is 13.8. The van der Waals surface area contributed by atoms with Crippen LogP contribution in [0, 0.1) is 13.8 Å². The highest BCUT2D eigenvalue weighted by molar-refractivity contribution is 5.88. The SMILES string of the molecule is Cc1cccc(CN(C(=O)COc2ccccc2C)[C@@H](Cc2ccccc2)C(=O)NC2CCCCC2)c1. The van der Waals surface area contributed by atoms with Crippen molar-refractivity contribution in [3.63, 3.8) is 0 Å². The van der Waals surface area contributed by atoms with Crippen LogP contribution in [0.3, 0.4) is 0 Å². The lowest BCUT2D eigenvalue weighted by molar-refractivity contribution is -0.143. The summed E-state index contributed by atoms with van der Waals surface area (Å²) in [6.45, 7) is 4.21. The third kappa shape index (κ3) is 7.69. The van der Waals surface area contributed by atoms with Gasteiger partial charge in [0, 0.05) is 19.0 Å². The van der Waals surface area contributed by atoms with Crippen molar-refractivity contribution in [1.29, 1.82) is 0 Å². The summed E-state index contributed by atoms with van der Waals surface area (Å²) in [4.78, 5) is 29.3. The fourth-order valence-corrected chi connectivity index (χ4v) is 5.05. The van der Waals surface area contributed by atoms with Crippen LogP contribution in [-0.2, 0) is 22.6 Å². The van der Waals surface area contributed by atoms with Crippen molar-refractivity contribution in [3.8, 4) is 5.75 Å². The lowest BCUT2D eigenvalue weighted by Crippen LogP contribution is -2.53. The van der Waals surface area contributed by atoms with Gasteiger partial charge >= 0.3 is 0 Å². The Morgan fingerprint density at radius 1 is 0.892 bits per heavy atom. The fourth-order valence-electron chi connectivity index (χ4n) is 5.05. The average molecular weight is 499 g/mol. The quantitative estimate of drug-likeness (QED) is 0.386. The number of nitrogens with one attached hydrogen (secondary N) is 1. The summed E-state index contributed by atoms with van der Waals surface area (Å²) < 4.78 is 5.95. The van der Waals surface area contributed by atoms with Crippen LogP contribution < -0.4 is 10.1 Å². The van der Waals surface area contributed by atoms with Gasteiger partial charge in [0.2, 0.25) is 5.91 Å². The van der Waals surface area contributed by atoms with E-state index in [4.69, 9.17) is 4.74 Å². The molecular formula is C32H38N2O3. The second-order valence-corrected chi connectivity index (χ2v) is 10.1. The minimum Gasteiger partial charge on any atom is -0.484 e.